The second-order valence-electron chi connectivity index (χ2n) is 8.14. The van der Waals surface area contributed by atoms with E-state index in [1.54, 1.807) is 6.07 Å². The van der Waals surface area contributed by atoms with E-state index in [4.69, 9.17) is 0 Å². The predicted molar refractivity (Wildman–Crippen MR) is 112 cm³/mol. The summed E-state index contributed by atoms with van der Waals surface area (Å²) in [5.74, 6) is 0.818. The maximum atomic E-state index is 13.8. The zero-order valence-electron chi connectivity index (χ0n) is 17.1. The molecule has 0 atom stereocenters. The van der Waals surface area contributed by atoms with Gasteiger partial charge >= 0.3 is 6.18 Å². The van der Waals surface area contributed by atoms with E-state index in [1.165, 1.54) is 12.1 Å². The highest BCUT2D eigenvalue weighted by Gasteiger charge is 2.38. The number of nitrogens with one attached hydrogen (secondary N) is 3. The number of anilines is 4. The van der Waals surface area contributed by atoms with E-state index in [9.17, 15) is 18.0 Å². The van der Waals surface area contributed by atoms with Gasteiger partial charge in [-0.1, -0.05) is 13.0 Å². The monoisotopic (exact) mass is 435 g/mol. The second kappa shape index (κ2) is 7.33. The molecule has 1 aliphatic carbocycles. The van der Waals surface area contributed by atoms with Crippen molar-refractivity contribution in [3.63, 3.8) is 0 Å². The molecule has 2 aliphatic heterocycles. The first-order chi connectivity index (χ1) is 14.8. The molecule has 0 unspecified atom stereocenters. The number of halogens is 3. The summed E-state index contributed by atoms with van der Waals surface area (Å²) >= 11 is 0. The van der Waals surface area contributed by atoms with Gasteiger partial charge in [-0.05, 0) is 43.0 Å². The second-order valence-corrected chi connectivity index (χ2v) is 8.14. The van der Waals surface area contributed by atoms with Crippen LogP contribution >= 0.6 is 0 Å². The van der Waals surface area contributed by atoms with Crippen LogP contribution in [0.3, 0.4) is 0 Å². The summed E-state index contributed by atoms with van der Waals surface area (Å²) in [7, 11) is 0. The van der Waals surface area contributed by atoms with E-state index in [-0.39, 0.29) is 23.1 Å². The number of aromatic nitrogens is 2. The van der Waals surface area contributed by atoms with Crippen molar-refractivity contribution in [2.45, 2.75) is 31.9 Å². The Morgan fingerprint density at radius 3 is 2.52 bits per heavy atom. The van der Waals surface area contributed by atoms with Crippen LogP contribution in [0.1, 0.15) is 36.8 Å². The first-order valence-corrected chi connectivity index (χ1v) is 10.5. The number of likely N-dealkylation sites (N-methyl/N-ethyl adjacent to an activating group) is 1. The number of rotatable bonds is 4. The highest BCUT2D eigenvalue weighted by atomic mass is 19.4. The van der Waals surface area contributed by atoms with E-state index in [0.717, 1.165) is 37.6 Å². The molecule has 0 bridgehead atoms. The Labute approximate surface area is 177 Å². The maximum absolute atomic E-state index is 13.8. The minimum Gasteiger partial charge on any atom is -0.340 e. The molecule has 0 radical (unpaired) electrons. The number of hydrazine groups is 2. The molecule has 31 heavy (non-hydrogen) atoms. The summed E-state index contributed by atoms with van der Waals surface area (Å²) in [6.07, 6.45) is -2.70. The van der Waals surface area contributed by atoms with Crippen LogP contribution in [-0.2, 0) is 6.18 Å². The summed E-state index contributed by atoms with van der Waals surface area (Å²) in [6, 6.07) is 4.35. The molecule has 1 saturated carbocycles. The lowest BCUT2D eigenvalue weighted by Crippen LogP contribution is -2.47. The van der Waals surface area contributed by atoms with Crippen molar-refractivity contribution in [3.05, 3.63) is 39.7 Å². The van der Waals surface area contributed by atoms with Crippen molar-refractivity contribution in [2.24, 2.45) is 0 Å². The molecule has 2 aromatic rings. The topological polar surface area (TPSA) is 79.5 Å². The molecule has 11 heteroatoms. The van der Waals surface area contributed by atoms with Crippen molar-refractivity contribution in [3.8, 4) is 0 Å². The minimum atomic E-state index is -4.53. The van der Waals surface area contributed by atoms with Crippen LogP contribution in [0.25, 0.3) is 0 Å². The standard InChI is InChI=1S/C20H24F3N7O/c1-2-28-7-9-29(10-8-28)19-24-17-16(18(31)25-19)26-30(27-17)15-6-5-13(12-3-4-12)11-14(15)20(21,22)23/h5-6,11-12,26H,2-4,7-10H2,1H3,(H2,24,25,27,31). The smallest absolute Gasteiger partial charge is 0.340 e. The fraction of sp³-hybridized carbons (Fsp3) is 0.500. The van der Waals surface area contributed by atoms with Crippen LogP contribution in [0.2, 0.25) is 0 Å². The van der Waals surface area contributed by atoms with E-state index >= 15 is 0 Å². The fourth-order valence-corrected chi connectivity index (χ4v) is 4.08. The molecule has 0 amide bonds. The molecule has 1 aromatic heterocycles. The SMILES string of the molecule is CCN1CCN(c2nc3c(c(=O)[nH]2)NN(c2ccc(C4CC4)cc2C(F)(F)F)N3)CC1. The van der Waals surface area contributed by atoms with E-state index in [2.05, 4.69) is 32.6 Å². The summed E-state index contributed by atoms with van der Waals surface area (Å²) < 4.78 is 41.3. The van der Waals surface area contributed by atoms with Crippen LogP contribution in [0.4, 0.5) is 36.3 Å². The number of aromatic amines is 1. The summed E-state index contributed by atoms with van der Waals surface area (Å²) in [5, 5.41) is 1.12. The molecular weight excluding hydrogens is 411 g/mol. The van der Waals surface area contributed by atoms with Gasteiger partial charge in [-0.25, -0.2) is 0 Å². The van der Waals surface area contributed by atoms with Crippen LogP contribution in [0.15, 0.2) is 23.0 Å². The Kier molecular flexibility index (Phi) is 4.72. The summed E-state index contributed by atoms with van der Waals surface area (Å²) in [5.41, 5.74) is 5.05. The van der Waals surface area contributed by atoms with Crippen LogP contribution in [-0.4, -0.2) is 47.6 Å². The fourth-order valence-electron chi connectivity index (χ4n) is 4.08. The van der Waals surface area contributed by atoms with Crippen molar-refractivity contribution in [1.82, 2.24) is 14.9 Å². The third kappa shape index (κ3) is 3.78. The molecule has 3 aliphatic rings. The first-order valence-electron chi connectivity index (χ1n) is 10.5. The van der Waals surface area contributed by atoms with Crippen molar-refractivity contribution >= 4 is 23.1 Å². The Morgan fingerprint density at radius 1 is 1.13 bits per heavy atom. The minimum absolute atomic E-state index is 0.0929. The number of fused-ring (bicyclic) bond motifs is 1. The summed E-state index contributed by atoms with van der Waals surface area (Å²) in [4.78, 5) is 24.1. The van der Waals surface area contributed by atoms with Crippen molar-refractivity contribution < 1.29 is 13.2 Å². The Morgan fingerprint density at radius 2 is 1.87 bits per heavy atom. The zero-order chi connectivity index (χ0) is 21.8. The zero-order valence-corrected chi connectivity index (χ0v) is 17.1. The molecule has 2 fully saturated rings. The molecule has 3 N–H and O–H groups in total. The highest BCUT2D eigenvalue weighted by molar-refractivity contribution is 5.77. The molecule has 1 saturated heterocycles. The number of benzene rings is 1. The Balaban J connectivity index is 1.42. The highest BCUT2D eigenvalue weighted by Crippen LogP contribution is 2.45. The van der Waals surface area contributed by atoms with Gasteiger partial charge in [0.05, 0.1) is 11.3 Å². The van der Waals surface area contributed by atoms with Gasteiger partial charge in [0.25, 0.3) is 5.56 Å². The van der Waals surface area contributed by atoms with Gasteiger partial charge < -0.3 is 9.80 Å². The van der Waals surface area contributed by atoms with Gasteiger partial charge in [0.15, 0.2) is 11.5 Å². The number of alkyl halides is 3. The van der Waals surface area contributed by atoms with Crippen LogP contribution in [0, 0.1) is 0 Å². The number of piperazine rings is 1. The number of hydrogen-bond acceptors (Lipinski definition) is 7. The largest absolute Gasteiger partial charge is 0.418 e. The summed E-state index contributed by atoms with van der Waals surface area (Å²) in [6.45, 7) is 6.21. The number of hydrogen-bond donors (Lipinski definition) is 3. The average Bonchev–Trinajstić information content (AvgIpc) is 3.51. The van der Waals surface area contributed by atoms with Crippen LogP contribution < -0.4 is 26.4 Å². The molecule has 1 aromatic carbocycles. The van der Waals surface area contributed by atoms with Gasteiger partial charge in [0, 0.05) is 26.2 Å². The maximum Gasteiger partial charge on any atom is 0.418 e. The molecule has 5 rings (SSSR count). The van der Waals surface area contributed by atoms with Gasteiger partial charge in [0.1, 0.15) is 0 Å². The van der Waals surface area contributed by atoms with E-state index in [1.807, 2.05) is 4.90 Å². The molecule has 3 heterocycles. The average molecular weight is 435 g/mol. The third-order valence-electron chi connectivity index (χ3n) is 6.08. The quantitative estimate of drug-likeness (QED) is 0.681. The Hall–Kier alpha value is -2.95. The van der Waals surface area contributed by atoms with E-state index in [0.29, 0.717) is 24.6 Å². The molecule has 0 spiro atoms. The van der Waals surface area contributed by atoms with Gasteiger partial charge in [0.2, 0.25) is 5.95 Å². The lowest BCUT2D eigenvalue weighted by atomic mass is 10.0. The molecule has 166 valence electrons. The van der Waals surface area contributed by atoms with E-state index < -0.39 is 17.3 Å². The van der Waals surface area contributed by atoms with Crippen LogP contribution in [0.5, 0.6) is 0 Å². The van der Waals surface area contributed by atoms with Gasteiger partial charge in [-0.3, -0.25) is 20.6 Å². The number of H-pyrrole nitrogens is 1. The number of nitrogens with zero attached hydrogens (tertiary/aromatic N) is 4. The van der Waals surface area contributed by atoms with Crippen molar-refractivity contribution in [2.75, 3.05) is 53.6 Å². The van der Waals surface area contributed by atoms with Gasteiger partial charge in [-0.2, -0.15) is 23.3 Å². The third-order valence-corrected chi connectivity index (χ3v) is 6.08. The lowest BCUT2D eigenvalue weighted by Gasteiger charge is -2.34. The Bertz CT molecular complexity index is 1040. The predicted octanol–water partition coefficient (Wildman–Crippen LogP) is 2.98. The van der Waals surface area contributed by atoms with Gasteiger partial charge in [-0.15, -0.1) is 0 Å². The lowest BCUT2D eigenvalue weighted by molar-refractivity contribution is -0.137. The van der Waals surface area contributed by atoms with Crippen molar-refractivity contribution in [1.29, 1.82) is 0 Å². The molecular formula is C20H24F3N7O. The molecule has 8 nitrogen and oxygen atoms in total. The first kappa shape index (κ1) is 20.0. The normalized spacial score (nSPS) is 19.2.